The molecule has 0 saturated carbocycles. The molecule has 1 aliphatic rings. The van der Waals surface area contributed by atoms with Crippen molar-refractivity contribution in [3.05, 3.63) is 23.4 Å². The second kappa shape index (κ2) is 4.19. The van der Waals surface area contributed by atoms with Gasteiger partial charge < -0.3 is 11.1 Å². The molecule has 1 atom stereocenters. The Labute approximate surface area is 88.5 Å². The summed E-state index contributed by atoms with van der Waals surface area (Å²) in [6.45, 7) is 2.76. The van der Waals surface area contributed by atoms with Crippen LogP contribution in [0.4, 0.5) is 5.82 Å². The molecule has 0 bridgehead atoms. The Morgan fingerprint density at radius 1 is 1.57 bits per heavy atom. The van der Waals surface area contributed by atoms with Crippen molar-refractivity contribution in [1.82, 2.24) is 4.98 Å². The van der Waals surface area contributed by atoms with E-state index in [1.807, 2.05) is 24.8 Å². The van der Waals surface area contributed by atoms with Gasteiger partial charge in [0.25, 0.3) is 0 Å². The summed E-state index contributed by atoms with van der Waals surface area (Å²) in [6, 6.07) is 4.36. The Hall–Kier alpha value is -0.740. The maximum atomic E-state index is 5.66. The van der Waals surface area contributed by atoms with Crippen LogP contribution in [0, 0.1) is 0 Å². The molecule has 1 aromatic rings. The van der Waals surface area contributed by atoms with Gasteiger partial charge in [-0.2, -0.15) is 11.8 Å². The lowest BCUT2D eigenvalue weighted by atomic mass is 10.2. The molecule has 0 fully saturated rings. The lowest BCUT2D eigenvalue weighted by Gasteiger charge is -2.09. The van der Waals surface area contributed by atoms with E-state index in [1.165, 1.54) is 11.3 Å². The number of pyridine rings is 1. The number of anilines is 1. The minimum absolute atomic E-state index is 0.166. The molecule has 3 N–H and O–H groups in total. The van der Waals surface area contributed by atoms with Crippen LogP contribution in [0.15, 0.2) is 12.1 Å². The highest BCUT2D eigenvalue weighted by atomic mass is 32.2. The second-order valence-corrected chi connectivity index (χ2v) is 4.64. The summed E-state index contributed by atoms with van der Waals surface area (Å²) >= 11 is 1.92. The Morgan fingerprint density at radius 3 is 3.21 bits per heavy atom. The van der Waals surface area contributed by atoms with Crippen molar-refractivity contribution in [2.45, 2.75) is 24.5 Å². The highest BCUT2D eigenvalue weighted by molar-refractivity contribution is 7.98. The van der Waals surface area contributed by atoms with Gasteiger partial charge in [-0.15, -0.1) is 0 Å². The highest BCUT2D eigenvalue weighted by Crippen LogP contribution is 2.28. The van der Waals surface area contributed by atoms with Gasteiger partial charge in [-0.1, -0.05) is 6.07 Å². The van der Waals surface area contributed by atoms with Crippen LogP contribution < -0.4 is 11.1 Å². The Kier molecular flexibility index (Phi) is 2.93. The standard InChI is InChI=1S/C10H15N3S/c1-7(11)4-12-10-3-2-8-5-14-6-9(8)13-10/h2-3,7H,4-6,11H2,1H3,(H,12,13). The molecular weight excluding hydrogens is 194 g/mol. The van der Waals surface area contributed by atoms with Gasteiger partial charge in [0.05, 0.1) is 5.69 Å². The Morgan fingerprint density at radius 2 is 2.43 bits per heavy atom. The molecule has 1 aliphatic heterocycles. The van der Waals surface area contributed by atoms with Gasteiger partial charge in [0.2, 0.25) is 0 Å². The Bertz CT molecular complexity index is 325. The lowest BCUT2D eigenvalue weighted by Crippen LogP contribution is -2.25. The van der Waals surface area contributed by atoms with Gasteiger partial charge in [0, 0.05) is 24.1 Å². The summed E-state index contributed by atoms with van der Waals surface area (Å²) in [5, 5.41) is 3.23. The van der Waals surface area contributed by atoms with Crippen molar-refractivity contribution in [2.24, 2.45) is 5.73 Å². The van der Waals surface area contributed by atoms with Crippen molar-refractivity contribution < 1.29 is 0 Å². The zero-order valence-corrected chi connectivity index (χ0v) is 9.10. The van der Waals surface area contributed by atoms with Gasteiger partial charge in [-0.3, -0.25) is 0 Å². The summed E-state index contributed by atoms with van der Waals surface area (Å²) < 4.78 is 0. The first-order chi connectivity index (χ1) is 6.75. The number of nitrogens with two attached hydrogens (primary N) is 1. The minimum Gasteiger partial charge on any atom is -0.369 e. The fourth-order valence-corrected chi connectivity index (χ4v) is 2.44. The van der Waals surface area contributed by atoms with Crippen molar-refractivity contribution in [2.75, 3.05) is 11.9 Å². The molecule has 14 heavy (non-hydrogen) atoms. The first kappa shape index (κ1) is 9.80. The predicted molar refractivity (Wildman–Crippen MR) is 61.4 cm³/mol. The number of hydrogen-bond donors (Lipinski definition) is 2. The fraction of sp³-hybridized carbons (Fsp3) is 0.500. The van der Waals surface area contributed by atoms with E-state index in [0.29, 0.717) is 0 Å². The van der Waals surface area contributed by atoms with Crippen LogP contribution in [0.3, 0.4) is 0 Å². The van der Waals surface area contributed by atoms with Crippen molar-refractivity contribution in [3.63, 3.8) is 0 Å². The number of nitrogens with zero attached hydrogens (tertiary/aromatic N) is 1. The van der Waals surface area contributed by atoms with E-state index in [9.17, 15) is 0 Å². The van der Waals surface area contributed by atoms with Gasteiger partial charge in [-0.25, -0.2) is 4.98 Å². The number of nitrogens with one attached hydrogen (secondary N) is 1. The van der Waals surface area contributed by atoms with Crippen LogP contribution in [0.5, 0.6) is 0 Å². The lowest BCUT2D eigenvalue weighted by molar-refractivity contribution is 0.777. The first-order valence-electron chi connectivity index (χ1n) is 4.81. The molecule has 0 spiro atoms. The molecule has 1 unspecified atom stereocenters. The molecule has 0 saturated heterocycles. The summed E-state index contributed by atoms with van der Waals surface area (Å²) in [4.78, 5) is 4.54. The van der Waals surface area contributed by atoms with E-state index in [0.717, 1.165) is 23.9 Å². The topological polar surface area (TPSA) is 50.9 Å². The molecule has 2 rings (SSSR count). The van der Waals surface area contributed by atoms with Crippen LogP contribution in [0.1, 0.15) is 18.2 Å². The zero-order chi connectivity index (χ0) is 9.97. The number of hydrogen-bond acceptors (Lipinski definition) is 4. The summed E-state index contributed by atoms with van der Waals surface area (Å²) in [7, 11) is 0. The Balaban J connectivity index is 2.05. The third kappa shape index (κ3) is 2.19. The second-order valence-electron chi connectivity index (χ2n) is 3.65. The van der Waals surface area contributed by atoms with Crippen LogP contribution >= 0.6 is 11.8 Å². The van der Waals surface area contributed by atoms with Gasteiger partial charge >= 0.3 is 0 Å². The fourth-order valence-electron chi connectivity index (χ4n) is 1.41. The monoisotopic (exact) mass is 209 g/mol. The van der Waals surface area contributed by atoms with E-state index < -0.39 is 0 Å². The molecule has 2 heterocycles. The number of thioether (sulfide) groups is 1. The van der Waals surface area contributed by atoms with E-state index in [2.05, 4.69) is 16.4 Å². The molecule has 3 nitrogen and oxygen atoms in total. The van der Waals surface area contributed by atoms with Crippen molar-refractivity contribution in [3.8, 4) is 0 Å². The van der Waals surface area contributed by atoms with Crippen molar-refractivity contribution >= 4 is 17.6 Å². The molecule has 0 radical (unpaired) electrons. The van der Waals surface area contributed by atoms with Crippen LogP contribution in [-0.2, 0) is 11.5 Å². The molecule has 4 heteroatoms. The predicted octanol–water partition coefficient (Wildman–Crippen LogP) is 1.59. The third-order valence-electron chi connectivity index (χ3n) is 2.17. The first-order valence-corrected chi connectivity index (χ1v) is 5.97. The largest absolute Gasteiger partial charge is 0.369 e. The SMILES string of the molecule is CC(N)CNc1ccc2c(n1)CSC2. The number of fused-ring (bicyclic) bond motifs is 1. The van der Waals surface area contributed by atoms with E-state index in [-0.39, 0.29) is 6.04 Å². The maximum absolute atomic E-state index is 5.66. The average molecular weight is 209 g/mol. The normalized spacial score (nSPS) is 16.4. The van der Waals surface area contributed by atoms with Crippen molar-refractivity contribution in [1.29, 1.82) is 0 Å². The molecule has 1 aromatic heterocycles. The zero-order valence-electron chi connectivity index (χ0n) is 8.29. The molecular formula is C10H15N3S. The summed E-state index contributed by atoms with van der Waals surface area (Å²) in [6.07, 6.45) is 0. The minimum atomic E-state index is 0.166. The number of rotatable bonds is 3. The van der Waals surface area contributed by atoms with E-state index in [1.54, 1.807) is 0 Å². The molecule has 0 aliphatic carbocycles. The van der Waals surface area contributed by atoms with E-state index >= 15 is 0 Å². The summed E-state index contributed by atoms with van der Waals surface area (Å²) in [5.41, 5.74) is 8.26. The van der Waals surface area contributed by atoms with Gasteiger partial charge in [0.1, 0.15) is 5.82 Å². The quantitative estimate of drug-likeness (QED) is 0.793. The number of aromatic nitrogens is 1. The average Bonchev–Trinajstić information content (AvgIpc) is 2.61. The summed E-state index contributed by atoms with van der Waals surface area (Å²) in [5.74, 6) is 3.10. The molecule has 0 amide bonds. The third-order valence-corrected chi connectivity index (χ3v) is 3.16. The van der Waals surface area contributed by atoms with E-state index in [4.69, 9.17) is 5.73 Å². The van der Waals surface area contributed by atoms with Gasteiger partial charge in [0.15, 0.2) is 0 Å². The van der Waals surface area contributed by atoms with Gasteiger partial charge in [-0.05, 0) is 18.6 Å². The van der Waals surface area contributed by atoms with Crippen LogP contribution in [0.2, 0.25) is 0 Å². The maximum Gasteiger partial charge on any atom is 0.126 e. The van der Waals surface area contributed by atoms with Crippen LogP contribution in [0.25, 0.3) is 0 Å². The molecule has 0 aromatic carbocycles. The smallest absolute Gasteiger partial charge is 0.126 e. The van der Waals surface area contributed by atoms with Crippen LogP contribution in [-0.4, -0.2) is 17.6 Å². The highest BCUT2D eigenvalue weighted by Gasteiger charge is 2.12. The molecule has 76 valence electrons.